The Bertz CT molecular complexity index is 1080. The molecule has 8 heteroatoms. The summed E-state index contributed by atoms with van der Waals surface area (Å²) in [6.07, 6.45) is 0. The highest BCUT2D eigenvalue weighted by Gasteiger charge is 2.47. The van der Waals surface area contributed by atoms with Crippen LogP contribution in [-0.2, 0) is 9.59 Å². The van der Waals surface area contributed by atoms with Gasteiger partial charge >= 0.3 is 0 Å². The molecule has 34 heavy (non-hydrogen) atoms. The summed E-state index contributed by atoms with van der Waals surface area (Å²) in [5.41, 5.74) is 0.872. The van der Waals surface area contributed by atoms with Gasteiger partial charge in [-0.25, -0.2) is 0 Å². The van der Waals surface area contributed by atoms with Crippen molar-refractivity contribution < 1.29 is 28.9 Å². The molecule has 1 unspecified atom stereocenters. The van der Waals surface area contributed by atoms with Crippen molar-refractivity contribution in [3.05, 3.63) is 59.2 Å². The highest BCUT2D eigenvalue weighted by atomic mass is 16.5. The number of ketones is 1. The summed E-state index contributed by atoms with van der Waals surface area (Å²) < 4.78 is 16.5. The molecule has 1 saturated heterocycles. The Labute approximate surface area is 200 Å². The number of hydrogen-bond acceptors (Lipinski definition) is 7. The maximum atomic E-state index is 13.3. The number of rotatable bonds is 10. The molecule has 1 heterocycles. The lowest BCUT2D eigenvalue weighted by atomic mass is 9.94. The number of amides is 1. The van der Waals surface area contributed by atoms with E-state index in [1.165, 1.54) is 26.2 Å². The molecule has 0 aliphatic carbocycles. The highest BCUT2D eigenvalue weighted by molar-refractivity contribution is 6.46. The lowest BCUT2D eigenvalue weighted by molar-refractivity contribution is -0.140. The number of likely N-dealkylation sites (tertiary alicyclic amines) is 1. The Morgan fingerprint density at radius 3 is 2.21 bits per heavy atom. The molecule has 8 nitrogen and oxygen atoms in total. The van der Waals surface area contributed by atoms with Crippen LogP contribution in [0.5, 0.6) is 17.2 Å². The third-order valence-corrected chi connectivity index (χ3v) is 6.18. The van der Waals surface area contributed by atoms with Gasteiger partial charge in [0.2, 0.25) is 0 Å². The molecule has 2 aromatic carbocycles. The van der Waals surface area contributed by atoms with Crippen LogP contribution in [0, 0.1) is 0 Å². The van der Waals surface area contributed by atoms with Crippen molar-refractivity contribution in [2.75, 3.05) is 47.5 Å². The molecule has 182 valence electrons. The maximum absolute atomic E-state index is 13.3. The minimum atomic E-state index is -0.856. The quantitative estimate of drug-likeness (QED) is 0.324. The van der Waals surface area contributed by atoms with Gasteiger partial charge in [-0.1, -0.05) is 38.1 Å². The number of hydrogen-bond donors (Lipinski definition) is 1. The van der Waals surface area contributed by atoms with Gasteiger partial charge in [-0.05, 0) is 31.3 Å². The first-order chi connectivity index (χ1) is 16.4. The van der Waals surface area contributed by atoms with Crippen molar-refractivity contribution in [1.29, 1.82) is 0 Å². The van der Waals surface area contributed by atoms with E-state index in [0.29, 0.717) is 41.5 Å². The first-order valence-corrected chi connectivity index (χ1v) is 11.3. The topological polar surface area (TPSA) is 88.5 Å². The minimum absolute atomic E-state index is 0.0133. The van der Waals surface area contributed by atoms with Gasteiger partial charge in [0.15, 0.2) is 11.5 Å². The molecule has 0 radical (unpaired) electrons. The molecule has 1 atom stereocenters. The molecule has 1 aliphatic rings. The SMILES string of the molecule is CCN(CC)CCN1C(=O)C(=O)/C(=C(/O)c2ccccc2OC)C1c1cccc(OC)c1OC. The average molecular weight is 469 g/mol. The first-order valence-electron chi connectivity index (χ1n) is 11.3. The van der Waals surface area contributed by atoms with Crippen molar-refractivity contribution in [2.45, 2.75) is 19.9 Å². The van der Waals surface area contributed by atoms with Crippen molar-refractivity contribution in [1.82, 2.24) is 9.80 Å². The fraction of sp³-hybridized carbons (Fsp3) is 0.385. The molecule has 0 bridgehead atoms. The van der Waals surface area contributed by atoms with Gasteiger partial charge in [0.1, 0.15) is 11.5 Å². The van der Waals surface area contributed by atoms with E-state index in [9.17, 15) is 14.7 Å². The van der Waals surface area contributed by atoms with E-state index in [2.05, 4.69) is 4.90 Å². The predicted molar refractivity (Wildman–Crippen MR) is 129 cm³/mol. The van der Waals surface area contributed by atoms with E-state index >= 15 is 0 Å². The van der Waals surface area contributed by atoms with Crippen LogP contribution in [0.4, 0.5) is 0 Å². The van der Waals surface area contributed by atoms with Crippen LogP contribution < -0.4 is 14.2 Å². The summed E-state index contributed by atoms with van der Waals surface area (Å²) in [5.74, 6) is -0.458. The van der Waals surface area contributed by atoms with Crippen LogP contribution >= 0.6 is 0 Å². The van der Waals surface area contributed by atoms with Gasteiger partial charge in [-0.3, -0.25) is 9.59 Å². The van der Waals surface area contributed by atoms with E-state index in [-0.39, 0.29) is 11.3 Å². The summed E-state index contributed by atoms with van der Waals surface area (Å²) in [6.45, 7) is 6.60. The van der Waals surface area contributed by atoms with Gasteiger partial charge in [-0.2, -0.15) is 0 Å². The van der Waals surface area contributed by atoms with Crippen molar-refractivity contribution >= 4 is 17.4 Å². The number of Topliss-reactive ketones (excluding diaryl/α,β-unsaturated/α-hetero) is 1. The molecule has 2 aromatic rings. The zero-order valence-corrected chi connectivity index (χ0v) is 20.3. The standard InChI is InChI=1S/C26H32N2O6/c1-6-27(7-2)15-16-28-22(18-12-10-14-20(33-4)25(18)34-5)21(24(30)26(28)31)23(29)17-11-8-9-13-19(17)32-3/h8-14,22,29H,6-7,15-16H2,1-5H3/b23-21+. The van der Waals surface area contributed by atoms with Crippen LogP contribution in [0.15, 0.2) is 48.0 Å². The van der Waals surface area contributed by atoms with Crippen molar-refractivity contribution in [3.63, 3.8) is 0 Å². The number of aliphatic hydroxyl groups is 1. The van der Waals surface area contributed by atoms with E-state index in [0.717, 1.165) is 13.1 Å². The van der Waals surface area contributed by atoms with E-state index in [1.807, 2.05) is 13.8 Å². The number of methoxy groups -OCH3 is 3. The summed E-state index contributed by atoms with van der Waals surface area (Å²) in [5, 5.41) is 11.3. The van der Waals surface area contributed by atoms with Crippen LogP contribution in [0.2, 0.25) is 0 Å². The van der Waals surface area contributed by atoms with Gasteiger partial charge in [0.05, 0.1) is 38.5 Å². The van der Waals surface area contributed by atoms with E-state index in [4.69, 9.17) is 14.2 Å². The number of aliphatic hydroxyl groups excluding tert-OH is 1. The number of ether oxygens (including phenoxy) is 3. The summed E-state index contributed by atoms with van der Waals surface area (Å²) in [6, 6.07) is 11.3. The van der Waals surface area contributed by atoms with Gasteiger partial charge in [-0.15, -0.1) is 0 Å². The Hall–Kier alpha value is -3.52. The summed E-state index contributed by atoms with van der Waals surface area (Å²) in [7, 11) is 4.51. The minimum Gasteiger partial charge on any atom is -0.507 e. The lowest BCUT2D eigenvalue weighted by Crippen LogP contribution is -2.38. The number of carbonyl (C=O) groups is 2. The normalized spacial score (nSPS) is 17.4. The van der Waals surface area contributed by atoms with Gasteiger partial charge in [0.25, 0.3) is 11.7 Å². The molecule has 1 N–H and O–H groups in total. The number of benzene rings is 2. The Balaban J connectivity index is 2.24. The Morgan fingerprint density at radius 1 is 0.941 bits per heavy atom. The Morgan fingerprint density at radius 2 is 1.59 bits per heavy atom. The molecule has 1 amide bonds. The monoisotopic (exact) mass is 468 g/mol. The van der Waals surface area contributed by atoms with E-state index < -0.39 is 17.7 Å². The second-order valence-electron chi connectivity index (χ2n) is 7.80. The fourth-order valence-electron chi connectivity index (χ4n) is 4.34. The summed E-state index contributed by atoms with van der Waals surface area (Å²) >= 11 is 0. The highest BCUT2D eigenvalue weighted by Crippen LogP contribution is 2.46. The van der Waals surface area contributed by atoms with E-state index in [1.54, 1.807) is 42.5 Å². The van der Waals surface area contributed by atoms with Crippen molar-refractivity contribution in [2.24, 2.45) is 0 Å². The van der Waals surface area contributed by atoms with Gasteiger partial charge < -0.3 is 29.1 Å². The zero-order chi connectivity index (χ0) is 24.8. The van der Waals surface area contributed by atoms with Crippen LogP contribution in [0.3, 0.4) is 0 Å². The van der Waals surface area contributed by atoms with Crippen LogP contribution in [-0.4, -0.2) is 74.1 Å². The molecule has 0 saturated carbocycles. The van der Waals surface area contributed by atoms with Crippen LogP contribution in [0.1, 0.15) is 31.0 Å². The van der Waals surface area contributed by atoms with Gasteiger partial charge in [0, 0.05) is 18.7 Å². The summed E-state index contributed by atoms with van der Waals surface area (Å²) in [4.78, 5) is 30.2. The second kappa shape index (κ2) is 11.1. The number of likely N-dealkylation sites (N-methyl/N-ethyl adjacent to an activating group) is 1. The zero-order valence-electron chi connectivity index (χ0n) is 20.3. The maximum Gasteiger partial charge on any atom is 0.295 e. The first kappa shape index (κ1) is 25.1. The number of para-hydroxylation sites is 2. The smallest absolute Gasteiger partial charge is 0.295 e. The molecule has 0 spiro atoms. The predicted octanol–water partition coefficient (Wildman–Crippen LogP) is 3.48. The molecule has 1 aliphatic heterocycles. The van der Waals surface area contributed by atoms with Crippen molar-refractivity contribution in [3.8, 4) is 17.2 Å². The van der Waals surface area contributed by atoms with Crippen LogP contribution in [0.25, 0.3) is 5.76 Å². The number of carbonyl (C=O) groups excluding carboxylic acids is 2. The molecule has 1 fully saturated rings. The lowest BCUT2D eigenvalue weighted by Gasteiger charge is -2.29. The third kappa shape index (κ3) is 4.59. The average Bonchev–Trinajstić information content (AvgIpc) is 3.13. The molecular weight excluding hydrogens is 436 g/mol. The molecule has 0 aromatic heterocycles. The fourth-order valence-corrected chi connectivity index (χ4v) is 4.34. The molecule has 3 rings (SSSR count). The largest absolute Gasteiger partial charge is 0.507 e. The third-order valence-electron chi connectivity index (χ3n) is 6.18. The number of nitrogens with zero attached hydrogens (tertiary/aromatic N) is 2. The second-order valence-corrected chi connectivity index (χ2v) is 7.80. The molecular formula is C26H32N2O6. The Kier molecular flexibility index (Phi) is 8.17.